The highest BCUT2D eigenvalue weighted by Crippen LogP contribution is 2.42. The van der Waals surface area contributed by atoms with Crippen LogP contribution in [0.3, 0.4) is 0 Å². The Kier molecular flexibility index (Phi) is 7.73. The highest BCUT2D eigenvalue weighted by molar-refractivity contribution is 6.46. The number of nitrogens with zero attached hydrogens (tertiary/aromatic N) is 2. The van der Waals surface area contributed by atoms with Crippen molar-refractivity contribution in [3.05, 3.63) is 64.7 Å². The van der Waals surface area contributed by atoms with Gasteiger partial charge < -0.3 is 24.2 Å². The first-order valence-corrected chi connectivity index (χ1v) is 11.8. The van der Waals surface area contributed by atoms with Gasteiger partial charge in [0.2, 0.25) is 0 Å². The van der Waals surface area contributed by atoms with E-state index in [1.807, 2.05) is 19.1 Å². The third kappa shape index (κ3) is 5.18. The summed E-state index contributed by atoms with van der Waals surface area (Å²) in [6.45, 7) is 6.23. The number of hydrogen-bond acceptors (Lipinski definition) is 7. The molecular formula is C27H32N2O6. The highest BCUT2D eigenvalue weighted by Gasteiger charge is 2.46. The minimum Gasteiger partial charge on any atom is -0.507 e. The summed E-state index contributed by atoms with van der Waals surface area (Å²) in [4.78, 5) is 30.3. The third-order valence-electron chi connectivity index (χ3n) is 6.57. The number of benzene rings is 2. The third-order valence-corrected chi connectivity index (χ3v) is 6.57. The number of amides is 1. The maximum Gasteiger partial charge on any atom is 0.295 e. The van der Waals surface area contributed by atoms with E-state index in [0.29, 0.717) is 48.8 Å². The molecule has 0 aromatic heterocycles. The van der Waals surface area contributed by atoms with Gasteiger partial charge in [0.15, 0.2) is 11.5 Å². The number of likely N-dealkylation sites (tertiary alicyclic amines) is 1. The van der Waals surface area contributed by atoms with Gasteiger partial charge in [0.05, 0.1) is 39.0 Å². The highest BCUT2D eigenvalue weighted by atomic mass is 16.5. The van der Waals surface area contributed by atoms with Gasteiger partial charge >= 0.3 is 0 Å². The number of methoxy groups -OCH3 is 2. The Bertz CT molecular complexity index is 1110. The zero-order valence-corrected chi connectivity index (χ0v) is 20.5. The van der Waals surface area contributed by atoms with Crippen molar-refractivity contribution in [3.63, 3.8) is 0 Å². The van der Waals surface area contributed by atoms with Crippen LogP contribution in [0.15, 0.2) is 48.0 Å². The molecule has 2 aromatic rings. The van der Waals surface area contributed by atoms with E-state index in [4.69, 9.17) is 14.2 Å². The predicted octanol–water partition coefficient (Wildman–Crippen LogP) is 3.16. The fourth-order valence-electron chi connectivity index (χ4n) is 4.64. The molecule has 35 heavy (non-hydrogen) atoms. The predicted molar refractivity (Wildman–Crippen MR) is 132 cm³/mol. The molecular weight excluding hydrogens is 448 g/mol. The average Bonchev–Trinajstić information content (AvgIpc) is 3.14. The smallest absolute Gasteiger partial charge is 0.295 e. The molecule has 1 atom stereocenters. The summed E-state index contributed by atoms with van der Waals surface area (Å²) in [5.41, 5.74) is 2.27. The van der Waals surface area contributed by atoms with Crippen LogP contribution in [-0.2, 0) is 14.3 Å². The minimum atomic E-state index is -0.735. The summed E-state index contributed by atoms with van der Waals surface area (Å²) in [7, 11) is 3.08. The van der Waals surface area contributed by atoms with Gasteiger partial charge in [-0.2, -0.15) is 0 Å². The van der Waals surface area contributed by atoms with Crippen LogP contribution in [0.4, 0.5) is 0 Å². The average molecular weight is 481 g/mol. The fraction of sp³-hybridized carbons (Fsp3) is 0.407. The summed E-state index contributed by atoms with van der Waals surface area (Å²) in [5.74, 6) is -0.452. The van der Waals surface area contributed by atoms with Crippen molar-refractivity contribution in [2.75, 3.05) is 53.6 Å². The maximum absolute atomic E-state index is 13.2. The Balaban J connectivity index is 1.71. The SMILES string of the molecule is COc1ccc(C2/C(=C(/O)c3ccc(C)cc3)C(=O)C(=O)N2CCCN2CCOCC2)cc1OC. The molecule has 2 heterocycles. The molecule has 8 nitrogen and oxygen atoms in total. The maximum atomic E-state index is 13.2. The van der Waals surface area contributed by atoms with Gasteiger partial charge in [-0.25, -0.2) is 0 Å². The van der Waals surface area contributed by atoms with Gasteiger partial charge in [-0.1, -0.05) is 35.9 Å². The number of rotatable bonds is 8. The summed E-state index contributed by atoms with van der Waals surface area (Å²) in [6.07, 6.45) is 0.696. The zero-order valence-electron chi connectivity index (χ0n) is 20.5. The number of Topliss-reactive ketones (excluding diaryl/α,β-unsaturated/α-hetero) is 1. The Labute approximate surface area is 205 Å². The molecule has 0 spiro atoms. The van der Waals surface area contributed by atoms with Crippen LogP contribution in [0.1, 0.15) is 29.2 Å². The number of morpholine rings is 1. The molecule has 2 saturated heterocycles. The van der Waals surface area contributed by atoms with E-state index in [2.05, 4.69) is 4.90 Å². The Morgan fingerprint density at radius 3 is 2.34 bits per heavy atom. The number of carbonyl (C=O) groups excluding carboxylic acids is 2. The lowest BCUT2D eigenvalue weighted by Crippen LogP contribution is -2.38. The second-order valence-corrected chi connectivity index (χ2v) is 8.78. The van der Waals surface area contributed by atoms with E-state index in [1.54, 1.807) is 42.3 Å². The minimum absolute atomic E-state index is 0.0810. The Hall–Kier alpha value is -3.36. The summed E-state index contributed by atoms with van der Waals surface area (Å²) < 4.78 is 16.2. The molecule has 0 saturated carbocycles. The lowest BCUT2D eigenvalue weighted by molar-refractivity contribution is -0.140. The van der Waals surface area contributed by atoms with Crippen LogP contribution in [-0.4, -0.2) is 80.2 Å². The van der Waals surface area contributed by atoms with E-state index in [-0.39, 0.29) is 11.3 Å². The number of carbonyl (C=O) groups is 2. The molecule has 1 unspecified atom stereocenters. The first kappa shape index (κ1) is 24.8. The molecule has 1 amide bonds. The normalized spacial score (nSPS) is 20.3. The van der Waals surface area contributed by atoms with Crippen molar-refractivity contribution in [2.45, 2.75) is 19.4 Å². The van der Waals surface area contributed by atoms with Gasteiger partial charge in [-0.3, -0.25) is 14.5 Å². The van der Waals surface area contributed by atoms with Gasteiger partial charge in [-0.05, 0) is 31.0 Å². The van der Waals surface area contributed by atoms with Crippen molar-refractivity contribution in [2.24, 2.45) is 0 Å². The monoisotopic (exact) mass is 480 g/mol. The molecule has 2 aliphatic heterocycles. The van der Waals surface area contributed by atoms with E-state index in [1.165, 1.54) is 7.11 Å². The molecule has 2 aliphatic rings. The number of ketones is 1. The number of aryl methyl sites for hydroxylation is 1. The second-order valence-electron chi connectivity index (χ2n) is 8.78. The standard InChI is InChI=1S/C27H32N2O6/c1-18-5-7-19(8-6-18)25(30)23-24(20-9-10-21(33-2)22(17-20)34-3)29(27(32)26(23)31)12-4-11-28-13-15-35-16-14-28/h5-10,17,24,30H,4,11-16H2,1-3H3/b25-23-. The van der Waals surface area contributed by atoms with Crippen molar-refractivity contribution < 1.29 is 28.9 Å². The molecule has 0 radical (unpaired) electrons. The van der Waals surface area contributed by atoms with Crippen LogP contribution >= 0.6 is 0 Å². The van der Waals surface area contributed by atoms with E-state index in [9.17, 15) is 14.7 Å². The molecule has 2 aromatic carbocycles. The van der Waals surface area contributed by atoms with Gasteiger partial charge in [-0.15, -0.1) is 0 Å². The Morgan fingerprint density at radius 2 is 1.69 bits per heavy atom. The van der Waals surface area contributed by atoms with E-state index in [0.717, 1.165) is 25.2 Å². The van der Waals surface area contributed by atoms with E-state index >= 15 is 0 Å². The van der Waals surface area contributed by atoms with Crippen LogP contribution in [0, 0.1) is 6.92 Å². The van der Waals surface area contributed by atoms with Gasteiger partial charge in [0.1, 0.15) is 5.76 Å². The zero-order chi connectivity index (χ0) is 24.9. The molecule has 8 heteroatoms. The lowest BCUT2D eigenvalue weighted by atomic mass is 9.94. The molecule has 4 rings (SSSR count). The first-order chi connectivity index (χ1) is 16.9. The number of aliphatic hydroxyl groups is 1. The number of hydrogen-bond donors (Lipinski definition) is 1. The largest absolute Gasteiger partial charge is 0.507 e. The van der Waals surface area contributed by atoms with Crippen molar-refractivity contribution in [1.29, 1.82) is 0 Å². The molecule has 0 bridgehead atoms. The van der Waals surface area contributed by atoms with Gasteiger partial charge in [0.25, 0.3) is 11.7 Å². The number of ether oxygens (including phenoxy) is 3. The summed E-state index contributed by atoms with van der Waals surface area (Å²) in [6, 6.07) is 11.8. The van der Waals surface area contributed by atoms with Crippen molar-refractivity contribution in [1.82, 2.24) is 9.80 Å². The molecule has 1 N–H and O–H groups in total. The summed E-state index contributed by atoms with van der Waals surface area (Å²) in [5, 5.41) is 11.2. The summed E-state index contributed by atoms with van der Waals surface area (Å²) >= 11 is 0. The number of aliphatic hydroxyl groups excluding tert-OH is 1. The fourth-order valence-corrected chi connectivity index (χ4v) is 4.64. The lowest BCUT2D eigenvalue weighted by Gasteiger charge is -2.29. The second kappa shape index (κ2) is 10.9. The van der Waals surface area contributed by atoms with Crippen LogP contribution < -0.4 is 9.47 Å². The van der Waals surface area contributed by atoms with Crippen molar-refractivity contribution >= 4 is 17.4 Å². The molecule has 0 aliphatic carbocycles. The Morgan fingerprint density at radius 1 is 1.00 bits per heavy atom. The van der Waals surface area contributed by atoms with Crippen LogP contribution in [0.5, 0.6) is 11.5 Å². The van der Waals surface area contributed by atoms with E-state index < -0.39 is 17.7 Å². The van der Waals surface area contributed by atoms with Crippen LogP contribution in [0.2, 0.25) is 0 Å². The molecule has 186 valence electrons. The molecule has 2 fully saturated rings. The van der Waals surface area contributed by atoms with Crippen LogP contribution in [0.25, 0.3) is 5.76 Å². The van der Waals surface area contributed by atoms with Crippen molar-refractivity contribution in [3.8, 4) is 11.5 Å². The topological polar surface area (TPSA) is 88.5 Å². The first-order valence-electron chi connectivity index (χ1n) is 11.8. The quantitative estimate of drug-likeness (QED) is 0.353. The van der Waals surface area contributed by atoms with Gasteiger partial charge in [0, 0.05) is 31.7 Å².